The van der Waals surface area contributed by atoms with Crippen molar-refractivity contribution in [3.05, 3.63) is 28.7 Å². The highest BCUT2D eigenvalue weighted by molar-refractivity contribution is 5.88. The smallest absolute Gasteiger partial charge is 0.426 e. The van der Waals surface area contributed by atoms with E-state index in [-0.39, 0.29) is 11.3 Å². The quantitative estimate of drug-likeness (QED) is 0.547. The predicted octanol–water partition coefficient (Wildman–Crippen LogP) is 1.18. The van der Waals surface area contributed by atoms with Crippen LogP contribution in [0, 0.1) is 0 Å². The van der Waals surface area contributed by atoms with Crippen molar-refractivity contribution >= 4 is 23.0 Å². The van der Waals surface area contributed by atoms with E-state index in [9.17, 15) is 14.4 Å². The molecule has 17 heavy (non-hydrogen) atoms. The number of ether oxygens (including phenoxy) is 1. The third-order valence-electron chi connectivity index (χ3n) is 2.13. The number of hydrogen-bond acceptors (Lipinski definition) is 5. The van der Waals surface area contributed by atoms with Crippen molar-refractivity contribution in [2.24, 2.45) is 0 Å². The van der Waals surface area contributed by atoms with Gasteiger partial charge in [0.15, 0.2) is 5.58 Å². The monoisotopic (exact) mass is 235 g/mol. The number of esters is 1. The Morgan fingerprint density at radius 3 is 2.59 bits per heavy atom. The average molecular weight is 235 g/mol. The van der Waals surface area contributed by atoms with Gasteiger partial charge in [-0.3, -0.25) is 9.59 Å². The Balaban J connectivity index is 2.61. The summed E-state index contributed by atoms with van der Waals surface area (Å²) in [4.78, 5) is 33.4. The number of oxazole rings is 1. The molecule has 1 heterocycles. The van der Waals surface area contributed by atoms with Crippen LogP contribution in [0.4, 0.5) is 0 Å². The summed E-state index contributed by atoms with van der Waals surface area (Å²) in [6, 6.07) is 4.36. The van der Waals surface area contributed by atoms with Crippen molar-refractivity contribution in [1.82, 2.24) is 4.57 Å². The summed E-state index contributed by atoms with van der Waals surface area (Å²) in [5.74, 6) is -1.41. The maximum atomic E-state index is 11.4. The Bertz CT molecular complexity index is 664. The van der Waals surface area contributed by atoms with Crippen LogP contribution in [0.1, 0.15) is 18.6 Å². The van der Waals surface area contributed by atoms with Crippen LogP contribution in [-0.4, -0.2) is 16.4 Å². The van der Waals surface area contributed by atoms with E-state index < -0.39 is 17.6 Å². The van der Waals surface area contributed by atoms with E-state index in [0.717, 1.165) is 4.57 Å². The second kappa shape index (κ2) is 3.89. The van der Waals surface area contributed by atoms with E-state index in [1.165, 1.54) is 32.0 Å². The fourth-order valence-corrected chi connectivity index (χ4v) is 1.53. The van der Waals surface area contributed by atoms with Crippen molar-refractivity contribution in [1.29, 1.82) is 0 Å². The Labute approximate surface area is 95.4 Å². The van der Waals surface area contributed by atoms with Gasteiger partial charge in [-0.1, -0.05) is 0 Å². The summed E-state index contributed by atoms with van der Waals surface area (Å²) in [6.07, 6.45) is 0. The number of rotatable bonds is 1. The summed E-state index contributed by atoms with van der Waals surface area (Å²) in [7, 11) is 0. The molecule has 6 heteroatoms. The van der Waals surface area contributed by atoms with Crippen LogP contribution in [0.5, 0.6) is 5.75 Å². The first-order valence-corrected chi connectivity index (χ1v) is 4.84. The SMILES string of the molecule is CC(=O)Oc1ccc2c(c1)oc(=O)n2C(C)=O. The molecule has 88 valence electrons. The average Bonchev–Trinajstić information content (AvgIpc) is 2.51. The van der Waals surface area contributed by atoms with Crippen LogP contribution in [0.15, 0.2) is 27.4 Å². The molecule has 0 radical (unpaired) electrons. The lowest BCUT2D eigenvalue weighted by atomic mass is 10.3. The second-order valence-corrected chi connectivity index (χ2v) is 3.45. The standard InChI is InChI=1S/C11H9NO5/c1-6(13)12-9-4-3-8(16-7(2)14)5-10(9)17-11(12)15/h3-5H,1-2H3. The molecule has 0 spiro atoms. The van der Waals surface area contributed by atoms with Crippen LogP contribution in [0.3, 0.4) is 0 Å². The number of nitrogens with zero attached hydrogens (tertiary/aromatic N) is 1. The molecule has 0 atom stereocenters. The minimum atomic E-state index is -0.757. The van der Waals surface area contributed by atoms with Gasteiger partial charge in [0.05, 0.1) is 5.52 Å². The van der Waals surface area contributed by atoms with E-state index in [1.807, 2.05) is 0 Å². The molecule has 0 N–H and O–H groups in total. The Morgan fingerprint density at radius 1 is 1.29 bits per heavy atom. The first-order valence-electron chi connectivity index (χ1n) is 4.84. The van der Waals surface area contributed by atoms with E-state index in [4.69, 9.17) is 9.15 Å². The van der Waals surface area contributed by atoms with E-state index in [2.05, 4.69) is 0 Å². The highest BCUT2D eigenvalue weighted by Gasteiger charge is 2.13. The molecule has 0 aliphatic heterocycles. The van der Waals surface area contributed by atoms with Crippen molar-refractivity contribution in [3.63, 3.8) is 0 Å². The Morgan fingerprint density at radius 2 is 2.00 bits per heavy atom. The molecule has 2 rings (SSSR count). The molecule has 0 saturated heterocycles. The summed E-state index contributed by atoms with van der Waals surface area (Å²) in [5.41, 5.74) is 0.544. The largest absolute Gasteiger partial charge is 0.427 e. The minimum Gasteiger partial charge on any atom is -0.427 e. The van der Waals surface area contributed by atoms with Gasteiger partial charge in [0.25, 0.3) is 0 Å². The fraction of sp³-hybridized carbons (Fsp3) is 0.182. The van der Waals surface area contributed by atoms with Gasteiger partial charge in [0.1, 0.15) is 5.75 Å². The normalized spacial score (nSPS) is 10.5. The van der Waals surface area contributed by atoms with Crippen LogP contribution in [0.2, 0.25) is 0 Å². The van der Waals surface area contributed by atoms with Gasteiger partial charge in [-0.05, 0) is 12.1 Å². The van der Waals surface area contributed by atoms with Gasteiger partial charge >= 0.3 is 11.7 Å². The fourth-order valence-electron chi connectivity index (χ4n) is 1.53. The Kier molecular flexibility index (Phi) is 2.55. The predicted molar refractivity (Wildman–Crippen MR) is 58.1 cm³/mol. The Hall–Kier alpha value is -2.37. The highest BCUT2D eigenvalue weighted by atomic mass is 16.5. The van der Waals surface area contributed by atoms with Crippen LogP contribution >= 0.6 is 0 Å². The minimum absolute atomic E-state index is 0.198. The highest BCUT2D eigenvalue weighted by Crippen LogP contribution is 2.20. The topological polar surface area (TPSA) is 78.5 Å². The lowest BCUT2D eigenvalue weighted by Gasteiger charge is -2.00. The number of carbonyl (C=O) groups is 2. The molecule has 1 aromatic carbocycles. The molecule has 0 aliphatic rings. The number of carbonyl (C=O) groups excluding carboxylic acids is 2. The third kappa shape index (κ3) is 1.96. The number of fused-ring (bicyclic) bond motifs is 1. The maximum absolute atomic E-state index is 11.4. The van der Waals surface area contributed by atoms with Gasteiger partial charge in [-0.15, -0.1) is 0 Å². The zero-order valence-corrected chi connectivity index (χ0v) is 9.22. The van der Waals surface area contributed by atoms with Gasteiger partial charge in [-0.25, -0.2) is 9.36 Å². The molecule has 0 unspecified atom stereocenters. The lowest BCUT2D eigenvalue weighted by Crippen LogP contribution is -2.19. The maximum Gasteiger partial charge on any atom is 0.426 e. The van der Waals surface area contributed by atoms with Crippen molar-refractivity contribution in [3.8, 4) is 5.75 Å². The summed E-state index contributed by atoms with van der Waals surface area (Å²) >= 11 is 0. The first-order chi connectivity index (χ1) is 7.99. The van der Waals surface area contributed by atoms with E-state index >= 15 is 0 Å². The van der Waals surface area contributed by atoms with E-state index in [1.54, 1.807) is 0 Å². The molecule has 0 fully saturated rings. The van der Waals surface area contributed by atoms with Gasteiger partial charge < -0.3 is 9.15 Å². The lowest BCUT2D eigenvalue weighted by molar-refractivity contribution is -0.131. The second-order valence-electron chi connectivity index (χ2n) is 3.45. The van der Waals surface area contributed by atoms with Crippen molar-refractivity contribution in [2.75, 3.05) is 0 Å². The first kappa shape index (κ1) is 11.1. The van der Waals surface area contributed by atoms with Crippen LogP contribution in [-0.2, 0) is 4.79 Å². The zero-order valence-electron chi connectivity index (χ0n) is 9.22. The molecular formula is C11H9NO5. The molecule has 0 bridgehead atoms. The molecule has 2 aromatic rings. The van der Waals surface area contributed by atoms with Gasteiger partial charge in [0, 0.05) is 19.9 Å². The summed E-state index contributed by atoms with van der Waals surface area (Å²) < 4.78 is 10.6. The molecular weight excluding hydrogens is 226 g/mol. The zero-order chi connectivity index (χ0) is 12.6. The third-order valence-corrected chi connectivity index (χ3v) is 2.13. The van der Waals surface area contributed by atoms with Crippen LogP contribution in [0.25, 0.3) is 11.1 Å². The van der Waals surface area contributed by atoms with Crippen molar-refractivity contribution < 1.29 is 18.7 Å². The number of aromatic nitrogens is 1. The van der Waals surface area contributed by atoms with E-state index in [0.29, 0.717) is 5.52 Å². The van der Waals surface area contributed by atoms with Gasteiger partial charge in [0.2, 0.25) is 5.91 Å². The molecule has 6 nitrogen and oxygen atoms in total. The summed E-state index contributed by atoms with van der Waals surface area (Å²) in [6.45, 7) is 2.53. The molecule has 0 aliphatic carbocycles. The van der Waals surface area contributed by atoms with Crippen molar-refractivity contribution in [2.45, 2.75) is 13.8 Å². The molecule has 0 amide bonds. The number of hydrogen-bond donors (Lipinski definition) is 0. The van der Waals surface area contributed by atoms with Crippen LogP contribution < -0.4 is 10.5 Å². The number of benzene rings is 1. The molecule has 0 saturated carbocycles. The summed E-state index contributed by atoms with van der Waals surface area (Å²) in [5, 5.41) is 0. The molecule has 1 aromatic heterocycles. The van der Waals surface area contributed by atoms with Gasteiger partial charge in [-0.2, -0.15) is 0 Å².